The van der Waals surface area contributed by atoms with Crippen molar-refractivity contribution < 1.29 is 4.79 Å². The highest BCUT2D eigenvalue weighted by atomic mass is 16.2. The summed E-state index contributed by atoms with van der Waals surface area (Å²) in [5.41, 5.74) is 3.97. The van der Waals surface area contributed by atoms with E-state index >= 15 is 0 Å². The second-order valence-electron chi connectivity index (χ2n) is 6.94. The van der Waals surface area contributed by atoms with Crippen LogP contribution < -0.4 is 0 Å². The van der Waals surface area contributed by atoms with Crippen molar-refractivity contribution in [2.45, 2.75) is 40.3 Å². The molecule has 0 aliphatic carbocycles. The van der Waals surface area contributed by atoms with Crippen LogP contribution in [0.3, 0.4) is 0 Å². The summed E-state index contributed by atoms with van der Waals surface area (Å²) in [4.78, 5) is 23.5. The van der Waals surface area contributed by atoms with Gasteiger partial charge in [0.25, 0.3) is 5.91 Å². The van der Waals surface area contributed by atoms with Crippen LogP contribution in [0, 0.1) is 13.8 Å². The van der Waals surface area contributed by atoms with Crippen molar-refractivity contribution in [1.82, 2.24) is 29.6 Å². The molecule has 2 heterocycles. The van der Waals surface area contributed by atoms with Gasteiger partial charge in [0.15, 0.2) is 5.82 Å². The third-order valence-electron chi connectivity index (χ3n) is 4.39. The summed E-state index contributed by atoms with van der Waals surface area (Å²) in [5.74, 6) is 0.686. The molecule has 0 aliphatic heterocycles. The first-order valence-corrected chi connectivity index (χ1v) is 8.91. The van der Waals surface area contributed by atoms with Crippen molar-refractivity contribution in [3.05, 3.63) is 59.6 Å². The Morgan fingerprint density at radius 2 is 2.04 bits per heavy atom. The van der Waals surface area contributed by atoms with Gasteiger partial charge in [-0.1, -0.05) is 12.1 Å². The van der Waals surface area contributed by atoms with Crippen LogP contribution in [0.15, 0.2) is 36.8 Å². The Kier molecular flexibility index (Phi) is 5.30. The van der Waals surface area contributed by atoms with Crippen molar-refractivity contribution in [1.29, 1.82) is 0 Å². The molecule has 0 bridgehead atoms. The van der Waals surface area contributed by atoms with Crippen LogP contribution in [-0.2, 0) is 6.54 Å². The molecule has 2 aromatic heterocycles. The molecule has 7 nitrogen and oxygen atoms in total. The average molecular weight is 364 g/mol. The third-order valence-corrected chi connectivity index (χ3v) is 4.39. The summed E-state index contributed by atoms with van der Waals surface area (Å²) in [6, 6.07) is 7.74. The number of aromatic nitrogens is 5. The third kappa shape index (κ3) is 4.02. The van der Waals surface area contributed by atoms with Crippen molar-refractivity contribution in [3.63, 3.8) is 0 Å². The molecule has 0 fully saturated rings. The van der Waals surface area contributed by atoms with Crippen molar-refractivity contribution in [2.75, 3.05) is 7.05 Å². The molecular weight excluding hydrogens is 340 g/mol. The maximum Gasteiger partial charge on any atom is 0.254 e. The van der Waals surface area contributed by atoms with E-state index in [-0.39, 0.29) is 11.9 Å². The quantitative estimate of drug-likeness (QED) is 0.695. The fraction of sp³-hybridized carbons (Fsp3) is 0.350. The minimum absolute atomic E-state index is 0.0755. The number of hydrogen-bond donors (Lipinski definition) is 0. The number of hydrogen-bond acceptors (Lipinski definition) is 5. The molecule has 1 aromatic carbocycles. The molecule has 7 heteroatoms. The van der Waals surface area contributed by atoms with Crippen molar-refractivity contribution in [3.8, 4) is 11.3 Å². The zero-order chi connectivity index (χ0) is 19.6. The molecule has 0 radical (unpaired) electrons. The van der Waals surface area contributed by atoms with E-state index in [9.17, 15) is 4.79 Å². The van der Waals surface area contributed by atoms with Crippen LogP contribution in [0.1, 0.15) is 47.5 Å². The Morgan fingerprint density at radius 1 is 1.26 bits per heavy atom. The summed E-state index contributed by atoms with van der Waals surface area (Å²) in [6.45, 7) is 8.34. The average Bonchev–Trinajstić information content (AvgIpc) is 3.11. The molecule has 0 saturated carbocycles. The predicted octanol–water partition coefficient (Wildman–Crippen LogP) is 3.21. The van der Waals surface area contributed by atoms with E-state index in [0.717, 1.165) is 28.5 Å². The second-order valence-corrected chi connectivity index (χ2v) is 6.94. The van der Waals surface area contributed by atoms with E-state index < -0.39 is 0 Å². The fourth-order valence-corrected chi connectivity index (χ4v) is 2.93. The zero-order valence-electron chi connectivity index (χ0n) is 16.3. The molecule has 0 unspecified atom stereocenters. The van der Waals surface area contributed by atoms with Gasteiger partial charge in [-0.25, -0.2) is 4.98 Å². The van der Waals surface area contributed by atoms with Gasteiger partial charge < -0.3 is 9.47 Å². The van der Waals surface area contributed by atoms with Gasteiger partial charge in [0.1, 0.15) is 6.33 Å². The first kappa shape index (κ1) is 18.7. The van der Waals surface area contributed by atoms with Gasteiger partial charge in [-0.05, 0) is 39.8 Å². The summed E-state index contributed by atoms with van der Waals surface area (Å²) in [5, 5.41) is 8.10. The molecule has 3 rings (SSSR count). The topological polar surface area (TPSA) is 76.8 Å². The normalized spacial score (nSPS) is 11.0. The molecular formula is C20H24N6O. The number of nitrogens with zero attached hydrogens (tertiary/aromatic N) is 6. The number of aryl methyl sites for hydroxylation is 2. The molecule has 0 saturated heterocycles. The predicted molar refractivity (Wildman–Crippen MR) is 103 cm³/mol. The first-order valence-electron chi connectivity index (χ1n) is 8.91. The summed E-state index contributed by atoms with van der Waals surface area (Å²) in [6.07, 6.45) is 3.44. The number of carbonyl (C=O) groups is 1. The Hall–Kier alpha value is -3.09. The van der Waals surface area contributed by atoms with Crippen LogP contribution in [0.25, 0.3) is 11.3 Å². The van der Waals surface area contributed by atoms with Gasteiger partial charge in [-0.2, -0.15) is 0 Å². The standard InChI is InChI=1S/C20H24N6O/c1-13(2)26-12-22-24-18(26)11-25(5)20(27)17-8-6-7-16(9-17)19-15(4)21-10-14(3)23-19/h6-10,12-13H,11H2,1-5H3. The lowest BCUT2D eigenvalue weighted by Gasteiger charge is -2.19. The molecule has 0 aliphatic rings. The smallest absolute Gasteiger partial charge is 0.254 e. The van der Waals surface area contributed by atoms with E-state index in [2.05, 4.69) is 34.0 Å². The van der Waals surface area contributed by atoms with E-state index in [4.69, 9.17) is 0 Å². The van der Waals surface area contributed by atoms with Crippen LogP contribution in [0.5, 0.6) is 0 Å². The Labute approximate surface area is 159 Å². The molecule has 140 valence electrons. The Bertz CT molecular complexity index is 963. The van der Waals surface area contributed by atoms with Crippen LogP contribution in [0.2, 0.25) is 0 Å². The SMILES string of the molecule is Cc1cnc(C)c(-c2cccc(C(=O)N(C)Cc3nncn3C(C)C)c2)n1. The largest absolute Gasteiger partial charge is 0.334 e. The van der Waals surface area contributed by atoms with Gasteiger partial charge in [-0.3, -0.25) is 9.78 Å². The monoisotopic (exact) mass is 364 g/mol. The molecule has 0 atom stereocenters. The van der Waals surface area contributed by atoms with E-state index in [0.29, 0.717) is 12.1 Å². The van der Waals surface area contributed by atoms with Gasteiger partial charge in [0, 0.05) is 30.4 Å². The van der Waals surface area contributed by atoms with Crippen LogP contribution in [0.4, 0.5) is 0 Å². The van der Waals surface area contributed by atoms with Gasteiger partial charge >= 0.3 is 0 Å². The second kappa shape index (κ2) is 7.65. The van der Waals surface area contributed by atoms with Crippen molar-refractivity contribution in [2.24, 2.45) is 0 Å². The highest BCUT2D eigenvalue weighted by Gasteiger charge is 2.17. The van der Waals surface area contributed by atoms with Crippen LogP contribution in [-0.4, -0.2) is 42.6 Å². The minimum atomic E-state index is -0.0755. The van der Waals surface area contributed by atoms with E-state index in [1.165, 1.54) is 0 Å². The van der Waals surface area contributed by atoms with Gasteiger partial charge in [-0.15, -0.1) is 10.2 Å². The Morgan fingerprint density at radius 3 is 2.78 bits per heavy atom. The number of rotatable bonds is 5. The van der Waals surface area contributed by atoms with E-state index in [1.54, 1.807) is 24.5 Å². The summed E-state index contributed by atoms with van der Waals surface area (Å²) >= 11 is 0. The number of carbonyl (C=O) groups excluding carboxylic acids is 1. The Balaban J connectivity index is 1.85. The van der Waals surface area contributed by atoms with E-state index in [1.807, 2.05) is 42.7 Å². The minimum Gasteiger partial charge on any atom is -0.334 e. The molecule has 0 N–H and O–H groups in total. The lowest BCUT2D eigenvalue weighted by molar-refractivity contribution is 0.0779. The summed E-state index contributed by atoms with van der Waals surface area (Å²) < 4.78 is 1.96. The maximum atomic E-state index is 12.9. The lowest BCUT2D eigenvalue weighted by atomic mass is 10.1. The van der Waals surface area contributed by atoms with Crippen molar-refractivity contribution >= 4 is 5.91 Å². The molecule has 3 aromatic rings. The highest BCUT2D eigenvalue weighted by molar-refractivity contribution is 5.95. The van der Waals surface area contributed by atoms with Crippen LogP contribution >= 0.6 is 0 Å². The number of amides is 1. The van der Waals surface area contributed by atoms with Gasteiger partial charge in [0.2, 0.25) is 0 Å². The molecule has 0 spiro atoms. The number of benzene rings is 1. The van der Waals surface area contributed by atoms with Gasteiger partial charge in [0.05, 0.1) is 23.6 Å². The zero-order valence-corrected chi connectivity index (χ0v) is 16.3. The summed E-state index contributed by atoms with van der Waals surface area (Å²) in [7, 11) is 1.77. The maximum absolute atomic E-state index is 12.9. The molecule has 1 amide bonds. The first-order chi connectivity index (χ1) is 12.9. The fourth-order valence-electron chi connectivity index (χ4n) is 2.93. The lowest BCUT2D eigenvalue weighted by Crippen LogP contribution is -2.28. The highest BCUT2D eigenvalue weighted by Crippen LogP contribution is 2.22. The molecule has 27 heavy (non-hydrogen) atoms.